The Morgan fingerprint density at radius 2 is 1.96 bits per heavy atom. The minimum absolute atomic E-state index is 0.0959. The predicted octanol–water partition coefficient (Wildman–Crippen LogP) is 1.30. The average molecular weight is 314 g/mol. The number of amides is 1. The summed E-state index contributed by atoms with van der Waals surface area (Å²) in [6.45, 7) is 2.73. The van der Waals surface area contributed by atoms with Crippen LogP contribution in [0, 0.1) is 0 Å². The summed E-state index contributed by atoms with van der Waals surface area (Å²) < 4.78 is 1.49. The van der Waals surface area contributed by atoms with Gasteiger partial charge in [-0.1, -0.05) is 6.92 Å². The SMILES string of the molecule is CCc1cc(=O)n(CCNC(=O)c2ccc(N(C)C)cc2)cn1. The van der Waals surface area contributed by atoms with Crippen molar-refractivity contribution in [2.24, 2.45) is 0 Å². The zero-order valence-electron chi connectivity index (χ0n) is 13.7. The summed E-state index contributed by atoms with van der Waals surface area (Å²) in [4.78, 5) is 30.1. The Kier molecular flexibility index (Phi) is 5.51. The van der Waals surface area contributed by atoms with E-state index in [1.807, 2.05) is 38.1 Å². The molecule has 0 unspecified atom stereocenters. The first-order valence-corrected chi connectivity index (χ1v) is 7.62. The minimum atomic E-state index is -0.151. The predicted molar refractivity (Wildman–Crippen MR) is 91.0 cm³/mol. The zero-order chi connectivity index (χ0) is 16.8. The molecule has 2 rings (SSSR count). The normalized spacial score (nSPS) is 10.4. The van der Waals surface area contributed by atoms with Gasteiger partial charge in [-0.05, 0) is 30.7 Å². The molecule has 0 radical (unpaired) electrons. The van der Waals surface area contributed by atoms with E-state index in [2.05, 4.69) is 10.3 Å². The summed E-state index contributed by atoms with van der Waals surface area (Å²) in [5.74, 6) is -0.151. The monoisotopic (exact) mass is 314 g/mol. The van der Waals surface area contributed by atoms with Crippen molar-refractivity contribution in [2.75, 3.05) is 25.5 Å². The lowest BCUT2D eigenvalue weighted by atomic mass is 10.2. The molecule has 0 aliphatic carbocycles. The molecule has 0 saturated heterocycles. The molecule has 2 aromatic rings. The van der Waals surface area contributed by atoms with Gasteiger partial charge in [0, 0.05) is 50.2 Å². The van der Waals surface area contributed by atoms with Crippen LogP contribution in [0.5, 0.6) is 0 Å². The average Bonchev–Trinajstić information content (AvgIpc) is 2.56. The van der Waals surface area contributed by atoms with Crippen molar-refractivity contribution in [2.45, 2.75) is 19.9 Å². The van der Waals surface area contributed by atoms with E-state index in [0.29, 0.717) is 18.7 Å². The molecule has 0 aliphatic heterocycles. The molecule has 1 heterocycles. The van der Waals surface area contributed by atoms with Gasteiger partial charge in [-0.15, -0.1) is 0 Å². The summed E-state index contributed by atoms with van der Waals surface area (Å²) in [6.07, 6.45) is 2.26. The van der Waals surface area contributed by atoms with E-state index in [1.54, 1.807) is 12.1 Å². The summed E-state index contributed by atoms with van der Waals surface area (Å²) >= 11 is 0. The summed E-state index contributed by atoms with van der Waals surface area (Å²) in [5.41, 5.74) is 2.32. The quantitative estimate of drug-likeness (QED) is 0.873. The number of carbonyl (C=O) groups is 1. The van der Waals surface area contributed by atoms with Gasteiger partial charge in [0.2, 0.25) is 0 Å². The maximum atomic E-state index is 12.1. The topological polar surface area (TPSA) is 67.2 Å². The number of anilines is 1. The highest BCUT2D eigenvalue weighted by atomic mass is 16.1. The fourth-order valence-corrected chi connectivity index (χ4v) is 2.13. The number of nitrogens with zero attached hydrogens (tertiary/aromatic N) is 3. The second kappa shape index (κ2) is 7.58. The van der Waals surface area contributed by atoms with Gasteiger partial charge in [-0.3, -0.25) is 14.2 Å². The Labute approximate surface area is 135 Å². The third-order valence-electron chi connectivity index (χ3n) is 3.58. The maximum Gasteiger partial charge on any atom is 0.253 e. The van der Waals surface area contributed by atoms with Gasteiger partial charge >= 0.3 is 0 Å². The van der Waals surface area contributed by atoms with Crippen LogP contribution in [0.2, 0.25) is 0 Å². The van der Waals surface area contributed by atoms with Gasteiger partial charge in [-0.2, -0.15) is 0 Å². The number of rotatable bonds is 6. The second-order valence-corrected chi connectivity index (χ2v) is 5.46. The smallest absolute Gasteiger partial charge is 0.253 e. The first kappa shape index (κ1) is 16.7. The Balaban J connectivity index is 1.90. The standard InChI is InChI=1S/C17H22N4O2/c1-4-14-11-16(22)21(12-19-14)10-9-18-17(23)13-5-7-15(8-6-13)20(2)3/h5-8,11-12H,4,9-10H2,1-3H3,(H,18,23). The molecule has 0 saturated carbocycles. The van der Waals surface area contributed by atoms with E-state index in [4.69, 9.17) is 0 Å². The molecular weight excluding hydrogens is 292 g/mol. The van der Waals surface area contributed by atoms with Crippen LogP contribution >= 0.6 is 0 Å². The van der Waals surface area contributed by atoms with Crippen LogP contribution in [0.15, 0.2) is 41.5 Å². The zero-order valence-corrected chi connectivity index (χ0v) is 13.7. The number of carbonyl (C=O) groups excluding carboxylic acids is 1. The molecule has 1 N–H and O–H groups in total. The van der Waals surface area contributed by atoms with Gasteiger partial charge < -0.3 is 10.2 Å². The first-order chi connectivity index (χ1) is 11.0. The highest BCUT2D eigenvalue weighted by molar-refractivity contribution is 5.94. The van der Waals surface area contributed by atoms with Gasteiger partial charge in [0.1, 0.15) is 0 Å². The Morgan fingerprint density at radius 3 is 2.52 bits per heavy atom. The number of aromatic nitrogens is 2. The number of nitrogens with one attached hydrogen (secondary N) is 1. The fraction of sp³-hybridized carbons (Fsp3) is 0.353. The summed E-state index contributed by atoms with van der Waals surface area (Å²) in [6, 6.07) is 8.89. The van der Waals surface area contributed by atoms with E-state index < -0.39 is 0 Å². The van der Waals surface area contributed by atoms with Gasteiger partial charge in [-0.25, -0.2) is 4.98 Å². The molecule has 6 heteroatoms. The van der Waals surface area contributed by atoms with Crippen LogP contribution in [0.3, 0.4) is 0 Å². The summed E-state index contributed by atoms with van der Waals surface area (Å²) in [5, 5.41) is 2.81. The van der Waals surface area contributed by atoms with Gasteiger partial charge in [0.05, 0.1) is 6.33 Å². The van der Waals surface area contributed by atoms with E-state index in [-0.39, 0.29) is 11.5 Å². The molecule has 0 bridgehead atoms. The van der Waals surface area contributed by atoms with Crippen LogP contribution in [0.4, 0.5) is 5.69 Å². The number of hydrogen-bond donors (Lipinski definition) is 1. The van der Waals surface area contributed by atoms with Crippen molar-refractivity contribution in [1.82, 2.24) is 14.9 Å². The van der Waals surface area contributed by atoms with Crippen molar-refractivity contribution in [3.05, 3.63) is 58.3 Å². The molecule has 1 aromatic carbocycles. The maximum absolute atomic E-state index is 12.1. The van der Waals surface area contributed by atoms with Crippen molar-refractivity contribution < 1.29 is 4.79 Å². The van der Waals surface area contributed by atoms with Crippen molar-refractivity contribution in [1.29, 1.82) is 0 Å². The first-order valence-electron chi connectivity index (χ1n) is 7.62. The number of hydrogen-bond acceptors (Lipinski definition) is 4. The lowest BCUT2D eigenvalue weighted by Gasteiger charge is -2.12. The largest absolute Gasteiger partial charge is 0.378 e. The van der Waals surface area contributed by atoms with Crippen LogP contribution in [-0.2, 0) is 13.0 Å². The lowest BCUT2D eigenvalue weighted by Crippen LogP contribution is -2.31. The lowest BCUT2D eigenvalue weighted by molar-refractivity contribution is 0.0952. The number of aryl methyl sites for hydroxylation is 1. The van der Waals surface area contributed by atoms with Crippen LogP contribution in [0.25, 0.3) is 0 Å². The number of benzene rings is 1. The van der Waals surface area contributed by atoms with Crippen LogP contribution in [0.1, 0.15) is 23.0 Å². The van der Waals surface area contributed by atoms with E-state index >= 15 is 0 Å². The van der Waals surface area contributed by atoms with Crippen LogP contribution < -0.4 is 15.8 Å². The fourth-order valence-electron chi connectivity index (χ4n) is 2.13. The summed E-state index contributed by atoms with van der Waals surface area (Å²) in [7, 11) is 3.90. The van der Waals surface area contributed by atoms with Crippen molar-refractivity contribution >= 4 is 11.6 Å². The van der Waals surface area contributed by atoms with E-state index in [0.717, 1.165) is 17.8 Å². The highest BCUT2D eigenvalue weighted by Gasteiger charge is 2.06. The molecule has 122 valence electrons. The molecule has 1 amide bonds. The minimum Gasteiger partial charge on any atom is -0.378 e. The van der Waals surface area contributed by atoms with Gasteiger partial charge in [0.15, 0.2) is 0 Å². The second-order valence-electron chi connectivity index (χ2n) is 5.46. The molecular formula is C17H22N4O2. The molecule has 0 atom stereocenters. The molecule has 0 fully saturated rings. The van der Waals surface area contributed by atoms with Crippen molar-refractivity contribution in [3.8, 4) is 0 Å². The Bertz CT molecular complexity index is 720. The molecule has 0 spiro atoms. The molecule has 6 nitrogen and oxygen atoms in total. The Morgan fingerprint density at radius 1 is 1.26 bits per heavy atom. The molecule has 23 heavy (non-hydrogen) atoms. The highest BCUT2D eigenvalue weighted by Crippen LogP contribution is 2.11. The third-order valence-corrected chi connectivity index (χ3v) is 3.58. The molecule has 1 aromatic heterocycles. The third kappa shape index (κ3) is 4.42. The van der Waals surface area contributed by atoms with Crippen molar-refractivity contribution in [3.63, 3.8) is 0 Å². The Hall–Kier alpha value is -2.63. The van der Waals surface area contributed by atoms with E-state index in [1.165, 1.54) is 17.0 Å². The van der Waals surface area contributed by atoms with E-state index in [9.17, 15) is 9.59 Å². The van der Waals surface area contributed by atoms with Gasteiger partial charge in [0.25, 0.3) is 11.5 Å². The molecule has 0 aliphatic rings. The van der Waals surface area contributed by atoms with Crippen LogP contribution in [-0.4, -0.2) is 36.1 Å².